The summed E-state index contributed by atoms with van der Waals surface area (Å²) >= 11 is 0. The van der Waals surface area contributed by atoms with Crippen LogP contribution in [0, 0.1) is 13.8 Å². The number of furan rings is 1. The van der Waals surface area contributed by atoms with Gasteiger partial charge in [-0.1, -0.05) is 6.07 Å². The Morgan fingerprint density at radius 3 is 2.27 bits per heavy atom. The van der Waals surface area contributed by atoms with Gasteiger partial charge in [-0.25, -0.2) is 26.3 Å². The Kier molecular flexibility index (Phi) is 5.29. The summed E-state index contributed by atoms with van der Waals surface area (Å²) < 4.78 is 54.1. The molecule has 2 aromatic rings. The minimum absolute atomic E-state index is 0.000846. The minimum Gasteiger partial charge on any atom is -0.464 e. The molecule has 0 aliphatic heterocycles. The van der Waals surface area contributed by atoms with Crippen molar-refractivity contribution in [3.05, 3.63) is 41.3 Å². The van der Waals surface area contributed by atoms with Gasteiger partial charge in [0, 0.05) is 19.8 Å². The standard InChI is InChI=1S/C15H19N3O6S2/c1-9-13(14(10(2)24-9)25(16,20)21)15(19)17-11-6-5-7-12(8-11)26(22,23)18(3)4/h5-8H,1-4H3,(H,17,19)(H2,16,20,21). The number of hydrogen-bond acceptors (Lipinski definition) is 6. The smallest absolute Gasteiger partial charge is 0.260 e. The second-order valence-electron chi connectivity index (χ2n) is 5.73. The van der Waals surface area contributed by atoms with Gasteiger partial charge < -0.3 is 9.73 Å². The Morgan fingerprint density at radius 1 is 1.12 bits per heavy atom. The molecule has 0 aliphatic rings. The number of carbonyl (C=O) groups is 1. The van der Waals surface area contributed by atoms with Crippen molar-refractivity contribution in [3.63, 3.8) is 0 Å². The number of nitrogens with one attached hydrogen (secondary N) is 1. The van der Waals surface area contributed by atoms with E-state index in [9.17, 15) is 21.6 Å². The Morgan fingerprint density at radius 2 is 1.73 bits per heavy atom. The third-order valence-corrected chi connectivity index (χ3v) is 6.46. The zero-order valence-electron chi connectivity index (χ0n) is 14.6. The van der Waals surface area contributed by atoms with Crippen molar-refractivity contribution in [3.8, 4) is 0 Å². The van der Waals surface area contributed by atoms with Crippen LogP contribution in [0.2, 0.25) is 0 Å². The molecule has 0 unspecified atom stereocenters. The molecule has 0 saturated heterocycles. The van der Waals surface area contributed by atoms with Gasteiger partial charge in [0.05, 0.1) is 4.90 Å². The monoisotopic (exact) mass is 401 g/mol. The number of rotatable bonds is 5. The van der Waals surface area contributed by atoms with Crippen LogP contribution in [0.1, 0.15) is 21.9 Å². The van der Waals surface area contributed by atoms with E-state index in [0.717, 1.165) is 4.31 Å². The van der Waals surface area contributed by atoms with Crippen LogP contribution in [0.4, 0.5) is 5.69 Å². The van der Waals surface area contributed by atoms with Crippen LogP contribution in [-0.4, -0.2) is 41.1 Å². The zero-order chi connectivity index (χ0) is 19.9. The molecule has 2 rings (SSSR count). The first-order valence-electron chi connectivity index (χ1n) is 7.32. The first kappa shape index (κ1) is 20.1. The SMILES string of the molecule is Cc1oc(C)c(S(N)(=O)=O)c1C(=O)Nc1cccc(S(=O)(=O)N(C)C)c1. The van der Waals surface area contributed by atoms with E-state index in [1.54, 1.807) is 0 Å². The van der Waals surface area contributed by atoms with E-state index in [0.29, 0.717) is 0 Å². The summed E-state index contributed by atoms with van der Waals surface area (Å²) in [4.78, 5) is 12.1. The van der Waals surface area contributed by atoms with Crippen molar-refractivity contribution in [1.29, 1.82) is 0 Å². The average molecular weight is 401 g/mol. The van der Waals surface area contributed by atoms with Gasteiger partial charge in [-0.2, -0.15) is 0 Å². The molecule has 0 atom stereocenters. The summed E-state index contributed by atoms with van der Waals surface area (Å²) in [5.41, 5.74) is -0.0394. The van der Waals surface area contributed by atoms with Crippen molar-refractivity contribution in [2.24, 2.45) is 5.14 Å². The molecule has 26 heavy (non-hydrogen) atoms. The van der Waals surface area contributed by atoms with E-state index < -0.39 is 30.8 Å². The summed E-state index contributed by atoms with van der Waals surface area (Å²) in [5.74, 6) is -0.692. The van der Waals surface area contributed by atoms with Crippen LogP contribution >= 0.6 is 0 Å². The number of amides is 1. The van der Waals surface area contributed by atoms with Crippen LogP contribution < -0.4 is 10.5 Å². The van der Waals surface area contributed by atoms with Crippen molar-refractivity contribution in [2.75, 3.05) is 19.4 Å². The quantitative estimate of drug-likeness (QED) is 0.767. The molecule has 11 heteroatoms. The number of hydrogen-bond donors (Lipinski definition) is 2. The molecule has 1 amide bonds. The highest BCUT2D eigenvalue weighted by Gasteiger charge is 2.29. The van der Waals surface area contributed by atoms with Gasteiger partial charge in [0.25, 0.3) is 5.91 Å². The number of nitrogens with zero attached hydrogens (tertiary/aromatic N) is 1. The summed E-state index contributed by atoms with van der Waals surface area (Å²) in [6, 6.07) is 5.59. The number of carbonyl (C=O) groups excluding carboxylic acids is 1. The number of nitrogens with two attached hydrogens (primary N) is 1. The molecule has 1 aromatic carbocycles. The van der Waals surface area contributed by atoms with Crippen LogP contribution in [0.5, 0.6) is 0 Å². The first-order valence-corrected chi connectivity index (χ1v) is 10.3. The van der Waals surface area contributed by atoms with E-state index >= 15 is 0 Å². The number of sulfonamides is 2. The van der Waals surface area contributed by atoms with Gasteiger partial charge >= 0.3 is 0 Å². The predicted octanol–water partition coefficient (Wildman–Crippen LogP) is 1.05. The van der Waals surface area contributed by atoms with E-state index in [-0.39, 0.29) is 27.7 Å². The molecule has 0 aliphatic carbocycles. The van der Waals surface area contributed by atoms with E-state index in [1.807, 2.05) is 0 Å². The fraction of sp³-hybridized carbons (Fsp3) is 0.267. The lowest BCUT2D eigenvalue weighted by atomic mass is 10.2. The Hall–Kier alpha value is -2.21. The van der Waals surface area contributed by atoms with Gasteiger partial charge in [0.1, 0.15) is 22.0 Å². The fourth-order valence-corrected chi connectivity index (χ4v) is 4.32. The van der Waals surface area contributed by atoms with Crippen molar-refractivity contribution in [2.45, 2.75) is 23.6 Å². The summed E-state index contributed by atoms with van der Waals surface area (Å²) in [7, 11) is -5.10. The highest BCUT2D eigenvalue weighted by atomic mass is 32.2. The third-order valence-electron chi connectivity index (χ3n) is 3.59. The van der Waals surface area contributed by atoms with Gasteiger partial charge in [0.15, 0.2) is 0 Å². The Balaban J connectivity index is 2.45. The van der Waals surface area contributed by atoms with Crippen LogP contribution in [0.25, 0.3) is 0 Å². The molecule has 0 fully saturated rings. The number of anilines is 1. The van der Waals surface area contributed by atoms with Crippen LogP contribution in [-0.2, 0) is 20.0 Å². The van der Waals surface area contributed by atoms with Crippen LogP contribution in [0.15, 0.2) is 38.5 Å². The highest BCUT2D eigenvalue weighted by molar-refractivity contribution is 7.89. The van der Waals surface area contributed by atoms with Gasteiger partial charge in [-0.3, -0.25) is 4.79 Å². The van der Waals surface area contributed by atoms with E-state index in [1.165, 1.54) is 52.2 Å². The van der Waals surface area contributed by atoms with Crippen molar-refractivity contribution in [1.82, 2.24) is 4.31 Å². The lowest BCUT2D eigenvalue weighted by Crippen LogP contribution is -2.23. The van der Waals surface area contributed by atoms with E-state index in [2.05, 4.69) is 5.32 Å². The Labute approximate surface area is 151 Å². The van der Waals surface area contributed by atoms with Gasteiger partial charge in [-0.15, -0.1) is 0 Å². The second-order valence-corrected chi connectivity index (χ2v) is 9.38. The molecule has 0 radical (unpaired) electrons. The summed E-state index contributed by atoms with van der Waals surface area (Å²) in [6.45, 7) is 2.82. The maximum absolute atomic E-state index is 12.6. The molecular formula is C15H19N3O6S2. The molecule has 0 spiro atoms. The average Bonchev–Trinajstić information content (AvgIpc) is 2.81. The van der Waals surface area contributed by atoms with Gasteiger partial charge in [0.2, 0.25) is 20.0 Å². The minimum atomic E-state index is -4.18. The Bertz CT molecular complexity index is 1070. The number of benzene rings is 1. The van der Waals surface area contributed by atoms with Crippen LogP contribution in [0.3, 0.4) is 0 Å². The zero-order valence-corrected chi connectivity index (χ0v) is 16.2. The molecule has 1 aromatic heterocycles. The van der Waals surface area contributed by atoms with E-state index in [4.69, 9.17) is 9.56 Å². The highest BCUT2D eigenvalue weighted by Crippen LogP contribution is 2.27. The largest absolute Gasteiger partial charge is 0.464 e. The third kappa shape index (κ3) is 3.80. The first-order chi connectivity index (χ1) is 11.9. The molecular weight excluding hydrogens is 382 g/mol. The lowest BCUT2D eigenvalue weighted by Gasteiger charge is -2.13. The van der Waals surface area contributed by atoms with Crippen molar-refractivity contribution >= 4 is 31.6 Å². The molecule has 0 saturated carbocycles. The second kappa shape index (κ2) is 6.83. The maximum atomic E-state index is 12.6. The predicted molar refractivity (Wildman–Crippen MR) is 94.8 cm³/mol. The topological polar surface area (TPSA) is 140 Å². The van der Waals surface area contributed by atoms with Gasteiger partial charge in [-0.05, 0) is 32.0 Å². The normalized spacial score (nSPS) is 12.4. The number of aryl methyl sites for hydroxylation is 2. The molecule has 142 valence electrons. The molecule has 1 heterocycles. The summed E-state index contributed by atoms with van der Waals surface area (Å²) in [5, 5.41) is 7.64. The van der Waals surface area contributed by atoms with Crippen molar-refractivity contribution < 1.29 is 26.0 Å². The maximum Gasteiger partial charge on any atom is 0.260 e. The number of primary sulfonamides is 1. The fourth-order valence-electron chi connectivity index (χ4n) is 2.41. The molecule has 3 N–H and O–H groups in total. The molecule has 0 bridgehead atoms. The molecule has 9 nitrogen and oxygen atoms in total. The lowest BCUT2D eigenvalue weighted by molar-refractivity contribution is 0.102. The summed E-state index contributed by atoms with van der Waals surface area (Å²) in [6.07, 6.45) is 0.